The van der Waals surface area contributed by atoms with Crippen LogP contribution < -0.4 is 5.32 Å². The highest BCUT2D eigenvalue weighted by Gasteiger charge is 2.13. The summed E-state index contributed by atoms with van der Waals surface area (Å²) in [4.78, 5) is 24.2. The van der Waals surface area contributed by atoms with E-state index in [1.165, 1.54) is 28.7 Å². The fourth-order valence-corrected chi connectivity index (χ4v) is 3.32. The summed E-state index contributed by atoms with van der Waals surface area (Å²) in [5.41, 5.74) is 0.703. The lowest BCUT2D eigenvalue weighted by molar-refractivity contribution is -0.389. The van der Waals surface area contributed by atoms with Gasteiger partial charge in [-0.3, -0.25) is 4.79 Å². The van der Waals surface area contributed by atoms with Crippen LogP contribution in [0.5, 0.6) is 0 Å². The van der Waals surface area contributed by atoms with E-state index in [-0.39, 0.29) is 24.7 Å². The fraction of sp³-hybridized carbons (Fsp3) is 0.111. The Bertz CT molecular complexity index is 959. The number of nitro groups is 1. The second kappa shape index (κ2) is 8.70. The Labute approximate surface area is 164 Å². The van der Waals surface area contributed by atoms with Gasteiger partial charge in [-0.1, -0.05) is 35.5 Å². The van der Waals surface area contributed by atoms with E-state index in [0.29, 0.717) is 10.7 Å². The zero-order valence-corrected chi connectivity index (χ0v) is 15.6. The number of anilines is 1. The molecule has 0 spiro atoms. The van der Waals surface area contributed by atoms with Crippen molar-refractivity contribution in [2.75, 3.05) is 5.32 Å². The quantitative estimate of drug-likeness (QED) is 0.459. The smallest absolute Gasteiger partial charge is 0.358 e. The summed E-state index contributed by atoms with van der Waals surface area (Å²) in [6.07, 6.45) is 1.63. The molecular formula is C18H15ClN4O3S. The number of hydrogen-bond acceptors (Lipinski definition) is 5. The molecule has 1 amide bonds. The van der Waals surface area contributed by atoms with Crippen LogP contribution in [0.15, 0.2) is 70.6 Å². The molecule has 0 bridgehead atoms. The van der Waals surface area contributed by atoms with Crippen molar-refractivity contribution in [1.82, 2.24) is 9.78 Å². The molecule has 1 aromatic heterocycles. The van der Waals surface area contributed by atoms with Gasteiger partial charge in [0.1, 0.15) is 0 Å². The highest BCUT2D eigenvalue weighted by atomic mass is 35.5. The van der Waals surface area contributed by atoms with E-state index in [9.17, 15) is 14.9 Å². The van der Waals surface area contributed by atoms with Crippen molar-refractivity contribution in [1.29, 1.82) is 0 Å². The Kier molecular flexibility index (Phi) is 6.10. The van der Waals surface area contributed by atoms with Crippen molar-refractivity contribution in [2.45, 2.75) is 22.8 Å². The molecular weight excluding hydrogens is 388 g/mol. The molecule has 27 heavy (non-hydrogen) atoms. The number of nitrogens with one attached hydrogen (secondary N) is 1. The van der Waals surface area contributed by atoms with Gasteiger partial charge in [0.15, 0.2) is 0 Å². The third-order valence-corrected chi connectivity index (χ3v) is 4.92. The van der Waals surface area contributed by atoms with Gasteiger partial charge in [0.2, 0.25) is 5.91 Å². The van der Waals surface area contributed by atoms with E-state index in [1.807, 2.05) is 48.5 Å². The fourth-order valence-electron chi connectivity index (χ4n) is 2.29. The maximum Gasteiger partial charge on any atom is 0.389 e. The molecule has 3 rings (SSSR count). The van der Waals surface area contributed by atoms with Crippen molar-refractivity contribution in [3.63, 3.8) is 0 Å². The topological polar surface area (TPSA) is 90.1 Å². The van der Waals surface area contributed by atoms with E-state index in [0.717, 1.165) is 9.79 Å². The Morgan fingerprint density at radius 3 is 2.63 bits per heavy atom. The molecule has 1 N–H and O–H groups in total. The van der Waals surface area contributed by atoms with Crippen LogP contribution in [0, 0.1) is 10.1 Å². The molecule has 0 unspecified atom stereocenters. The Balaban J connectivity index is 1.61. The van der Waals surface area contributed by atoms with Crippen molar-refractivity contribution in [3.8, 4) is 0 Å². The number of nitrogens with zero attached hydrogens (tertiary/aromatic N) is 3. The molecule has 0 saturated carbocycles. The molecule has 0 aliphatic rings. The first-order valence-electron chi connectivity index (χ1n) is 8.01. The third kappa shape index (κ3) is 5.32. The number of rotatable bonds is 7. The minimum atomic E-state index is -0.569. The van der Waals surface area contributed by atoms with Crippen molar-refractivity contribution < 1.29 is 9.72 Å². The van der Waals surface area contributed by atoms with Crippen LogP contribution in [0.3, 0.4) is 0 Å². The highest BCUT2D eigenvalue weighted by molar-refractivity contribution is 7.99. The number of aromatic nitrogens is 2. The molecule has 0 saturated heterocycles. The SMILES string of the molecule is O=C(CCn1ccc([N+](=O)[O-])n1)Nc1ccccc1Sc1ccc(Cl)cc1. The Hall–Kier alpha value is -2.84. The normalized spacial score (nSPS) is 10.6. The van der Waals surface area contributed by atoms with Gasteiger partial charge in [0.25, 0.3) is 0 Å². The molecule has 0 atom stereocenters. The number of carbonyl (C=O) groups excluding carboxylic acids is 1. The van der Waals surface area contributed by atoms with Crippen LogP contribution in [0.1, 0.15) is 6.42 Å². The average Bonchev–Trinajstić information content (AvgIpc) is 3.13. The van der Waals surface area contributed by atoms with Crippen LogP contribution in [-0.4, -0.2) is 20.6 Å². The lowest BCUT2D eigenvalue weighted by Crippen LogP contribution is -2.15. The number of benzene rings is 2. The second-order valence-electron chi connectivity index (χ2n) is 5.54. The maximum absolute atomic E-state index is 12.3. The van der Waals surface area contributed by atoms with Crippen molar-refractivity contribution in [2.24, 2.45) is 0 Å². The summed E-state index contributed by atoms with van der Waals surface area (Å²) >= 11 is 7.43. The van der Waals surface area contributed by atoms with Gasteiger partial charge >= 0.3 is 5.82 Å². The van der Waals surface area contributed by atoms with Crippen LogP contribution >= 0.6 is 23.4 Å². The second-order valence-corrected chi connectivity index (χ2v) is 7.10. The molecule has 0 aliphatic carbocycles. The third-order valence-electron chi connectivity index (χ3n) is 3.58. The standard InChI is InChI=1S/C18H15ClN4O3S/c19-13-5-7-14(8-6-13)27-16-4-2-1-3-15(16)20-18(24)10-12-22-11-9-17(21-22)23(25)26/h1-9,11H,10,12H2,(H,20,24). The lowest BCUT2D eigenvalue weighted by Gasteiger charge is -2.10. The zero-order chi connectivity index (χ0) is 19.2. The monoisotopic (exact) mass is 402 g/mol. The van der Waals surface area contributed by atoms with Crippen molar-refractivity contribution >= 4 is 40.8 Å². The number of carbonyl (C=O) groups is 1. The summed E-state index contributed by atoms with van der Waals surface area (Å²) in [6.45, 7) is 0.256. The Morgan fingerprint density at radius 1 is 1.19 bits per heavy atom. The molecule has 7 nitrogen and oxygen atoms in total. The molecule has 0 fully saturated rings. The van der Waals surface area contributed by atoms with Gasteiger partial charge in [-0.15, -0.1) is 0 Å². The first-order chi connectivity index (χ1) is 13.0. The van der Waals surface area contributed by atoms with Crippen molar-refractivity contribution in [3.05, 3.63) is 75.9 Å². The van der Waals surface area contributed by atoms with E-state index >= 15 is 0 Å². The number of hydrogen-bond donors (Lipinski definition) is 1. The van der Waals surface area contributed by atoms with E-state index in [2.05, 4.69) is 10.4 Å². The molecule has 9 heteroatoms. The van der Waals surface area contributed by atoms with E-state index in [1.54, 1.807) is 0 Å². The van der Waals surface area contributed by atoms with Gasteiger partial charge in [-0.2, -0.15) is 4.68 Å². The van der Waals surface area contributed by atoms with Gasteiger partial charge in [-0.25, -0.2) is 0 Å². The van der Waals surface area contributed by atoms with Crippen LogP contribution in [-0.2, 0) is 11.3 Å². The van der Waals surface area contributed by atoms with Gasteiger partial charge in [-0.05, 0) is 41.3 Å². The van der Waals surface area contributed by atoms with Gasteiger partial charge in [0, 0.05) is 21.2 Å². The number of amides is 1. The number of para-hydroxylation sites is 1. The summed E-state index contributed by atoms with van der Waals surface area (Å²) in [5.74, 6) is -0.433. The number of halogens is 1. The van der Waals surface area contributed by atoms with Crippen LogP contribution in [0.25, 0.3) is 0 Å². The van der Waals surface area contributed by atoms with E-state index in [4.69, 9.17) is 11.6 Å². The first kappa shape index (κ1) is 18.9. The number of aryl methyl sites for hydroxylation is 1. The van der Waals surface area contributed by atoms with Gasteiger partial charge < -0.3 is 15.4 Å². The van der Waals surface area contributed by atoms with Crippen LogP contribution in [0.2, 0.25) is 5.02 Å². The predicted octanol–water partition coefficient (Wildman–Crippen LogP) is 4.62. The summed E-state index contributed by atoms with van der Waals surface area (Å²) in [5, 5.41) is 18.0. The van der Waals surface area contributed by atoms with Crippen LogP contribution in [0.4, 0.5) is 11.5 Å². The maximum atomic E-state index is 12.3. The summed E-state index contributed by atoms with van der Waals surface area (Å²) < 4.78 is 1.38. The molecule has 0 aliphatic heterocycles. The average molecular weight is 403 g/mol. The summed E-state index contributed by atoms with van der Waals surface area (Å²) in [7, 11) is 0. The molecule has 0 radical (unpaired) electrons. The molecule has 1 heterocycles. The minimum Gasteiger partial charge on any atom is -0.358 e. The Morgan fingerprint density at radius 2 is 1.93 bits per heavy atom. The minimum absolute atomic E-state index is 0.152. The molecule has 138 valence electrons. The van der Waals surface area contributed by atoms with E-state index < -0.39 is 4.92 Å². The molecule has 3 aromatic rings. The largest absolute Gasteiger partial charge is 0.389 e. The van der Waals surface area contributed by atoms with Gasteiger partial charge in [0.05, 0.1) is 29.6 Å². The predicted molar refractivity (Wildman–Crippen MR) is 104 cm³/mol. The highest BCUT2D eigenvalue weighted by Crippen LogP contribution is 2.33. The first-order valence-corrected chi connectivity index (χ1v) is 9.21. The zero-order valence-electron chi connectivity index (χ0n) is 14.0. The molecule has 2 aromatic carbocycles. The summed E-state index contributed by atoms with van der Waals surface area (Å²) in [6, 6.07) is 16.3. The lowest BCUT2D eigenvalue weighted by atomic mass is 10.3.